The highest BCUT2D eigenvalue weighted by molar-refractivity contribution is 7.46. The van der Waals surface area contributed by atoms with Crippen molar-refractivity contribution >= 4 is 49.5 Å². The van der Waals surface area contributed by atoms with E-state index in [4.69, 9.17) is 26.3 Å². The van der Waals surface area contributed by atoms with Crippen LogP contribution in [-0.4, -0.2) is 124 Å². The number of amides is 6. The second kappa shape index (κ2) is 22.8. The van der Waals surface area contributed by atoms with Crippen LogP contribution in [0.25, 0.3) is 0 Å². The van der Waals surface area contributed by atoms with Crippen molar-refractivity contribution in [3.8, 4) is 0 Å². The van der Waals surface area contributed by atoms with E-state index in [1.807, 2.05) is 30.3 Å². The van der Waals surface area contributed by atoms with Gasteiger partial charge >= 0.3 is 7.82 Å². The monoisotopic (exact) mass is 800 g/mol. The first kappa shape index (κ1) is 46.7. The first-order valence-electron chi connectivity index (χ1n) is 17.5. The average Bonchev–Trinajstić information content (AvgIpc) is 3.55. The minimum Gasteiger partial charge on any atom is -0.394 e. The molecule has 11 N–H and O–H groups in total. The van der Waals surface area contributed by atoms with Crippen LogP contribution in [0.4, 0.5) is 0 Å². The summed E-state index contributed by atoms with van der Waals surface area (Å²) >= 11 is 0. The first-order chi connectivity index (χ1) is 25.9. The predicted octanol–water partition coefficient (Wildman–Crippen LogP) is -2.15. The Morgan fingerprint density at radius 3 is 2.22 bits per heavy atom. The number of nitrogens with zero attached hydrogens (tertiary/aromatic N) is 2. The molecule has 0 aliphatic carbocycles. The molecule has 1 heterocycles. The van der Waals surface area contributed by atoms with Crippen molar-refractivity contribution in [1.29, 1.82) is 0 Å². The summed E-state index contributed by atoms with van der Waals surface area (Å²) in [7, 11) is -5.08. The number of hydrogen-bond donors (Lipinski definition) is 9. The van der Waals surface area contributed by atoms with E-state index in [0.29, 0.717) is 6.42 Å². The topological polar surface area (TPSA) is 324 Å². The van der Waals surface area contributed by atoms with Gasteiger partial charge in [-0.2, -0.15) is 0 Å². The van der Waals surface area contributed by atoms with Gasteiger partial charge in [0.2, 0.25) is 35.4 Å². The summed E-state index contributed by atoms with van der Waals surface area (Å²) in [5.74, 6) is -0.212. The lowest BCUT2D eigenvalue weighted by atomic mass is 10.0. The third kappa shape index (κ3) is 16.4. The molecule has 7 unspecified atom stereocenters. The summed E-state index contributed by atoms with van der Waals surface area (Å²) < 4.78 is 15.6. The van der Waals surface area contributed by atoms with Gasteiger partial charge in [-0.3, -0.25) is 33.3 Å². The molecular formula is C33H53N8O13P. The molecule has 1 saturated heterocycles. The van der Waals surface area contributed by atoms with Gasteiger partial charge in [0.05, 0.1) is 32.3 Å². The van der Waals surface area contributed by atoms with Crippen molar-refractivity contribution < 1.29 is 62.4 Å². The maximum absolute atomic E-state index is 13.7. The quantitative estimate of drug-likeness (QED) is 0.0324. The van der Waals surface area contributed by atoms with Gasteiger partial charge < -0.3 is 56.5 Å². The van der Waals surface area contributed by atoms with Crippen LogP contribution in [0.1, 0.15) is 58.9 Å². The lowest BCUT2D eigenvalue weighted by molar-refractivity contribution is -0.140. The number of carbonyl (C=O) groups excluding carboxylic acids is 6. The Morgan fingerprint density at radius 1 is 0.982 bits per heavy atom. The zero-order chi connectivity index (χ0) is 41.3. The van der Waals surface area contributed by atoms with Crippen molar-refractivity contribution in [3.63, 3.8) is 0 Å². The maximum atomic E-state index is 13.7. The van der Waals surface area contributed by atoms with Gasteiger partial charge in [-0.15, -0.1) is 0 Å². The second-order valence-electron chi connectivity index (χ2n) is 13.3. The Bertz CT molecular complexity index is 1530. The molecule has 308 valence electrons. The van der Waals surface area contributed by atoms with E-state index in [1.54, 1.807) is 20.1 Å². The number of phosphoric acid groups is 1. The van der Waals surface area contributed by atoms with Crippen molar-refractivity contribution in [1.82, 2.24) is 26.2 Å². The second-order valence-corrected chi connectivity index (χ2v) is 14.5. The minimum atomic E-state index is -5.08. The summed E-state index contributed by atoms with van der Waals surface area (Å²) in [6.45, 7) is 4.88. The Morgan fingerprint density at radius 2 is 1.64 bits per heavy atom. The van der Waals surface area contributed by atoms with E-state index in [2.05, 4.69) is 35.8 Å². The molecule has 0 bridgehead atoms. The average molecular weight is 801 g/mol. The minimum absolute atomic E-state index is 0.0329. The van der Waals surface area contributed by atoms with E-state index in [9.17, 15) is 38.4 Å². The van der Waals surface area contributed by atoms with Crippen LogP contribution in [0, 0.1) is 5.92 Å². The maximum Gasteiger partial charge on any atom is 0.469 e. The lowest BCUT2D eigenvalue weighted by Crippen LogP contribution is -2.60. The number of oxime groups is 1. The van der Waals surface area contributed by atoms with E-state index in [0.717, 1.165) is 18.9 Å². The molecule has 0 aromatic heterocycles. The van der Waals surface area contributed by atoms with Crippen LogP contribution < -0.4 is 32.9 Å². The van der Waals surface area contributed by atoms with Crippen LogP contribution in [0.2, 0.25) is 0 Å². The third-order valence-electron chi connectivity index (χ3n) is 8.29. The number of nitrogens with one attached hydrogen (secondary N) is 4. The number of benzene rings is 1. The molecule has 55 heavy (non-hydrogen) atoms. The molecule has 1 aliphatic heterocycles. The van der Waals surface area contributed by atoms with Gasteiger partial charge in [0.1, 0.15) is 36.3 Å². The summed E-state index contributed by atoms with van der Waals surface area (Å²) in [6.07, 6.45) is 0.784. The Balaban J connectivity index is 2.09. The first-order valence-corrected chi connectivity index (χ1v) is 19.1. The number of carbonyl (C=O) groups is 6. The predicted molar refractivity (Wildman–Crippen MR) is 195 cm³/mol. The SMILES string of the molecule is CC(C)CC(NC(=O)C1CC(ON=CCCc2ccccc2)CN1C(=O)CCON)C(=O)NC(C)C(=O)NC(CO)C(=O)NC(C(N)=O)C(C)OP(=O)(O)O. The highest BCUT2D eigenvalue weighted by atomic mass is 31.2. The lowest BCUT2D eigenvalue weighted by Gasteiger charge is -2.28. The number of likely N-dealkylation sites (tertiary alicyclic amines) is 1. The normalized spacial score (nSPS) is 18.5. The molecule has 2 rings (SSSR count). The van der Waals surface area contributed by atoms with Crippen LogP contribution >= 0.6 is 7.82 Å². The Hall–Kier alpha value is -4.50. The molecule has 6 amide bonds. The summed E-state index contributed by atoms with van der Waals surface area (Å²) in [4.78, 5) is 107. The molecule has 0 spiro atoms. The molecule has 0 radical (unpaired) electrons. The smallest absolute Gasteiger partial charge is 0.394 e. The van der Waals surface area contributed by atoms with Crippen LogP contribution in [0.3, 0.4) is 0 Å². The standard InChI is InChI=1S/C33H53N8O13P/c1-19(2)15-24(31(46)37-20(3)30(45)39-25(18-42)32(47)40-28(29(34)44)21(4)54-55(49,50)51)38-33(48)26-16-23(17-41(26)27(43)12-14-52-35)53-36-13-8-11-22-9-6-5-7-10-22/h5-7,9-10,13,19-21,23-26,28,42H,8,11-12,14-18,35H2,1-4H3,(H2,34,44)(H,37,46)(H,38,48)(H,39,45)(H,40,47)(H2,49,50,51). The molecule has 1 aromatic carbocycles. The zero-order valence-corrected chi connectivity index (χ0v) is 32.1. The van der Waals surface area contributed by atoms with Gasteiger partial charge in [-0.05, 0) is 44.6 Å². The van der Waals surface area contributed by atoms with Gasteiger partial charge in [0.25, 0.3) is 0 Å². The fraction of sp³-hybridized carbons (Fsp3) is 0.606. The van der Waals surface area contributed by atoms with Crippen LogP contribution in [-0.2, 0) is 54.0 Å². The number of hydrogen-bond acceptors (Lipinski definition) is 13. The van der Waals surface area contributed by atoms with Gasteiger partial charge in [-0.1, -0.05) is 49.3 Å². The number of aryl methyl sites for hydroxylation is 1. The molecule has 1 aromatic rings. The van der Waals surface area contributed by atoms with Crippen molar-refractivity contribution in [3.05, 3.63) is 35.9 Å². The molecule has 0 saturated carbocycles. The van der Waals surface area contributed by atoms with E-state index in [1.165, 1.54) is 11.8 Å². The molecule has 7 atom stereocenters. The molecule has 22 heteroatoms. The summed E-state index contributed by atoms with van der Waals surface area (Å²) in [6, 6.07) is 2.77. The van der Waals surface area contributed by atoms with E-state index < -0.39 is 92.3 Å². The Labute approximate surface area is 318 Å². The number of aliphatic hydroxyl groups is 1. The molecule has 21 nitrogen and oxygen atoms in total. The number of rotatable bonds is 23. The highest BCUT2D eigenvalue weighted by Gasteiger charge is 2.42. The zero-order valence-electron chi connectivity index (χ0n) is 31.2. The summed E-state index contributed by atoms with van der Waals surface area (Å²) in [5.41, 5.74) is 6.35. The van der Waals surface area contributed by atoms with Crippen molar-refractivity contribution in [2.24, 2.45) is 22.7 Å². The van der Waals surface area contributed by atoms with Crippen LogP contribution in [0.15, 0.2) is 35.5 Å². The van der Waals surface area contributed by atoms with Gasteiger partial charge in [-0.25, -0.2) is 10.5 Å². The number of phosphoric ester groups is 1. The van der Waals surface area contributed by atoms with Crippen molar-refractivity contribution in [2.75, 3.05) is 19.8 Å². The highest BCUT2D eigenvalue weighted by Crippen LogP contribution is 2.38. The molecular weight excluding hydrogens is 747 g/mol. The summed E-state index contributed by atoms with van der Waals surface area (Å²) in [5, 5.41) is 23.2. The van der Waals surface area contributed by atoms with Gasteiger partial charge in [0.15, 0.2) is 0 Å². The van der Waals surface area contributed by atoms with Crippen molar-refractivity contribution in [2.45, 2.75) is 102 Å². The third-order valence-corrected chi connectivity index (χ3v) is 8.90. The number of nitrogens with two attached hydrogens (primary N) is 2. The largest absolute Gasteiger partial charge is 0.469 e. The van der Waals surface area contributed by atoms with Crippen LogP contribution in [0.5, 0.6) is 0 Å². The van der Waals surface area contributed by atoms with E-state index in [-0.39, 0.29) is 38.3 Å². The fourth-order valence-corrected chi connectivity index (χ4v) is 6.09. The Kier molecular flexibility index (Phi) is 19.3. The van der Waals surface area contributed by atoms with Gasteiger partial charge in [0, 0.05) is 12.6 Å². The number of primary amides is 1. The van der Waals surface area contributed by atoms with E-state index >= 15 is 0 Å². The number of aliphatic hydroxyl groups excluding tert-OH is 1. The molecule has 1 aliphatic rings. The molecule has 1 fully saturated rings. The fourth-order valence-electron chi connectivity index (χ4n) is 5.54.